The Morgan fingerprint density at radius 2 is 1.96 bits per heavy atom. The number of primary sulfonamides is 1. The monoisotopic (exact) mass is 427 g/mol. The van der Waals surface area contributed by atoms with Crippen LogP contribution < -0.4 is 10.5 Å². The number of sulfonamides is 1. The van der Waals surface area contributed by atoms with Gasteiger partial charge in [0.1, 0.15) is 0 Å². The number of aromatic nitrogens is 2. The molecule has 1 aromatic carbocycles. The second-order valence-electron chi connectivity index (χ2n) is 7.06. The molecule has 1 unspecified atom stereocenters. The summed E-state index contributed by atoms with van der Waals surface area (Å²) in [7, 11) is -0.0874. The van der Waals surface area contributed by atoms with Crippen molar-refractivity contribution in [2.24, 2.45) is 18.1 Å². The van der Waals surface area contributed by atoms with Crippen LogP contribution in [0.5, 0.6) is 0 Å². The molecular weight excluding hydrogens is 402 g/mol. The van der Waals surface area contributed by atoms with Gasteiger partial charge in [0, 0.05) is 39.3 Å². The third-order valence-electron chi connectivity index (χ3n) is 5.30. The standard InChI is InChI=1S/C18H25N5O3S.ClH/c1-12(13-4-6-15(7-5-13)27(19,25)26)23(3)18(24)17-10-20-9-16(17)14-8-21-22(2)11-14;/h4-8,11-12,16-17,20H,9-10H2,1-3H3,(H2,19,25,26);1H/t12?,16-,17+;/m1./s1. The molecule has 2 heterocycles. The number of hydrogen-bond donors (Lipinski definition) is 2. The van der Waals surface area contributed by atoms with E-state index in [-0.39, 0.29) is 41.1 Å². The zero-order valence-corrected chi connectivity index (χ0v) is 17.7. The molecule has 8 nitrogen and oxygen atoms in total. The molecule has 3 rings (SSSR count). The fraction of sp³-hybridized carbons (Fsp3) is 0.444. The molecule has 1 amide bonds. The Hall–Kier alpha value is -1.94. The van der Waals surface area contributed by atoms with E-state index < -0.39 is 10.0 Å². The summed E-state index contributed by atoms with van der Waals surface area (Å²) in [6.07, 6.45) is 3.76. The van der Waals surface area contributed by atoms with Gasteiger partial charge in [-0.1, -0.05) is 12.1 Å². The van der Waals surface area contributed by atoms with Crippen molar-refractivity contribution in [3.05, 3.63) is 47.8 Å². The van der Waals surface area contributed by atoms with Crippen molar-refractivity contribution in [3.8, 4) is 0 Å². The molecule has 0 radical (unpaired) electrons. The highest BCUT2D eigenvalue weighted by molar-refractivity contribution is 7.89. The van der Waals surface area contributed by atoms with Crippen LogP contribution in [0.3, 0.4) is 0 Å². The van der Waals surface area contributed by atoms with Gasteiger partial charge in [-0.2, -0.15) is 5.10 Å². The first-order valence-electron chi connectivity index (χ1n) is 8.77. The van der Waals surface area contributed by atoms with Crippen LogP contribution in [0.2, 0.25) is 0 Å². The van der Waals surface area contributed by atoms with E-state index in [0.717, 1.165) is 17.7 Å². The number of rotatable bonds is 5. The Morgan fingerprint density at radius 1 is 1.32 bits per heavy atom. The topological polar surface area (TPSA) is 110 Å². The van der Waals surface area contributed by atoms with Gasteiger partial charge >= 0.3 is 0 Å². The zero-order chi connectivity index (χ0) is 19.8. The highest BCUT2D eigenvalue weighted by Crippen LogP contribution is 2.31. The molecule has 1 aliphatic rings. The van der Waals surface area contributed by atoms with Crippen LogP contribution in [0.25, 0.3) is 0 Å². The molecule has 3 atom stereocenters. The van der Waals surface area contributed by atoms with Gasteiger partial charge in [-0.3, -0.25) is 9.48 Å². The SMILES string of the molecule is CC(c1ccc(S(N)(=O)=O)cc1)N(C)C(=O)[C@H]1CNC[C@@H]1c1cnn(C)c1.Cl. The van der Waals surface area contributed by atoms with Crippen LogP contribution in [0.15, 0.2) is 41.6 Å². The van der Waals surface area contributed by atoms with Crippen LogP contribution in [-0.2, 0) is 21.9 Å². The number of carbonyl (C=O) groups is 1. The minimum absolute atomic E-state index is 0. The van der Waals surface area contributed by atoms with Crippen LogP contribution in [0.1, 0.15) is 30.0 Å². The quantitative estimate of drug-likeness (QED) is 0.739. The Bertz CT molecular complexity index is 929. The number of carbonyl (C=O) groups excluding carboxylic acids is 1. The maximum Gasteiger partial charge on any atom is 0.238 e. The van der Waals surface area contributed by atoms with Crippen molar-refractivity contribution in [2.45, 2.75) is 23.8 Å². The number of halogens is 1. The molecule has 0 aliphatic carbocycles. The molecule has 1 aliphatic heterocycles. The van der Waals surface area contributed by atoms with E-state index in [9.17, 15) is 13.2 Å². The molecule has 0 saturated carbocycles. The number of benzene rings is 1. The van der Waals surface area contributed by atoms with Crippen LogP contribution in [-0.4, -0.2) is 49.1 Å². The summed E-state index contributed by atoms with van der Waals surface area (Å²) in [5.41, 5.74) is 1.90. The number of hydrogen-bond acceptors (Lipinski definition) is 5. The minimum Gasteiger partial charge on any atom is -0.339 e. The lowest BCUT2D eigenvalue weighted by Gasteiger charge is -2.29. The fourth-order valence-electron chi connectivity index (χ4n) is 3.53. The van der Waals surface area contributed by atoms with Crippen molar-refractivity contribution in [2.75, 3.05) is 20.1 Å². The lowest BCUT2D eigenvalue weighted by Crippen LogP contribution is -2.37. The summed E-state index contributed by atoms with van der Waals surface area (Å²) >= 11 is 0. The van der Waals surface area contributed by atoms with E-state index in [4.69, 9.17) is 5.14 Å². The Balaban J connectivity index is 0.00000280. The second-order valence-corrected chi connectivity index (χ2v) is 8.62. The van der Waals surface area contributed by atoms with Crippen LogP contribution in [0, 0.1) is 5.92 Å². The Labute approximate surface area is 171 Å². The number of nitrogens with one attached hydrogen (secondary N) is 1. The van der Waals surface area contributed by atoms with Crippen LogP contribution in [0.4, 0.5) is 0 Å². The van der Waals surface area contributed by atoms with Gasteiger partial charge in [0.15, 0.2) is 0 Å². The van der Waals surface area contributed by atoms with Crippen molar-refractivity contribution in [1.29, 1.82) is 0 Å². The van der Waals surface area contributed by atoms with Gasteiger partial charge < -0.3 is 10.2 Å². The molecule has 28 heavy (non-hydrogen) atoms. The smallest absolute Gasteiger partial charge is 0.238 e. The maximum atomic E-state index is 13.1. The number of aryl methyl sites for hydroxylation is 1. The third-order valence-corrected chi connectivity index (χ3v) is 6.23. The van der Waals surface area contributed by atoms with Gasteiger partial charge in [0.05, 0.1) is 23.1 Å². The van der Waals surface area contributed by atoms with Gasteiger partial charge in [-0.05, 0) is 30.2 Å². The van der Waals surface area contributed by atoms with E-state index >= 15 is 0 Å². The summed E-state index contributed by atoms with van der Waals surface area (Å²) in [6, 6.07) is 6.13. The van der Waals surface area contributed by atoms with Gasteiger partial charge in [0.2, 0.25) is 15.9 Å². The van der Waals surface area contributed by atoms with Gasteiger partial charge in [-0.15, -0.1) is 12.4 Å². The van der Waals surface area contributed by atoms with E-state index in [1.807, 2.05) is 26.4 Å². The highest BCUT2D eigenvalue weighted by Gasteiger charge is 2.37. The van der Waals surface area contributed by atoms with E-state index in [2.05, 4.69) is 10.4 Å². The predicted octanol–water partition coefficient (Wildman–Crippen LogP) is 1.01. The molecule has 0 spiro atoms. The number of nitrogens with two attached hydrogens (primary N) is 1. The van der Waals surface area contributed by atoms with Crippen LogP contribution >= 0.6 is 12.4 Å². The molecular formula is C18H26ClN5O3S. The molecule has 0 bridgehead atoms. The number of amides is 1. The first kappa shape index (κ1) is 22.4. The van der Waals surface area contributed by atoms with Crippen molar-refractivity contribution < 1.29 is 13.2 Å². The maximum absolute atomic E-state index is 13.1. The summed E-state index contributed by atoms with van der Waals surface area (Å²) in [6.45, 7) is 3.29. The average Bonchev–Trinajstić information content (AvgIpc) is 3.27. The molecule has 1 aromatic heterocycles. The molecule has 1 saturated heterocycles. The molecule has 10 heteroatoms. The first-order chi connectivity index (χ1) is 12.7. The van der Waals surface area contributed by atoms with E-state index in [1.165, 1.54) is 12.1 Å². The van der Waals surface area contributed by atoms with E-state index in [0.29, 0.717) is 6.54 Å². The van der Waals surface area contributed by atoms with Crippen molar-refractivity contribution in [1.82, 2.24) is 20.0 Å². The van der Waals surface area contributed by atoms with Gasteiger partial charge in [0.25, 0.3) is 0 Å². The second kappa shape index (κ2) is 8.60. The Morgan fingerprint density at radius 3 is 2.50 bits per heavy atom. The molecule has 2 aromatic rings. The van der Waals surface area contributed by atoms with Crippen molar-refractivity contribution >= 4 is 28.3 Å². The first-order valence-corrected chi connectivity index (χ1v) is 10.3. The third kappa shape index (κ3) is 4.54. The molecule has 1 fully saturated rings. The summed E-state index contributed by atoms with van der Waals surface area (Å²) in [5.74, 6) is -0.0205. The lowest BCUT2D eigenvalue weighted by atomic mass is 9.89. The average molecular weight is 428 g/mol. The van der Waals surface area contributed by atoms with E-state index in [1.54, 1.807) is 28.8 Å². The Kier molecular flexibility index (Phi) is 6.87. The summed E-state index contributed by atoms with van der Waals surface area (Å²) in [4.78, 5) is 14.9. The van der Waals surface area contributed by atoms with Crippen molar-refractivity contribution in [3.63, 3.8) is 0 Å². The molecule has 3 N–H and O–H groups in total. The summed E-state index contributed by atoms with van der Waals surface area (Å²) in [5, 5.41) is 12.7. The minimum atomic E-state index is -3.73. The number of nitrogens with zero attached hydrogens (tertiary/aromatic N) is 3. The summed E-state index contributed by atoms with van der Waals surface area (Å²) < 4.78 is 24.5. The predicted molar refractivity (Wildman–Crippen MR) is 109 cm³/mol. The normalized spacial score (nSPS) is 20.4. The fourth-order valence-corrected chi connectivity index (χ4v) is 4.05. The lowest BCUT2D eigenvalue weighted by molar-refractivity contribution is -0.136. The molecule has 154 valence electrons. The highest BCUT2D eigenvalue weighted by atomic mass is 35.5. The zero-order valence-electron chi connectivity index (χ0n) is 16.1. The van der Waals surface area contributed by atoms with Gasteiger partial charge in [-0.25, -0.2) is 13.6 Å². The largest absolute Gasteiger partial charge is 0.339 e.